The molecule has 1 fully saturated rings. The second-order valence-corrected chi connectivity index (χ2v) is 2.64. The standard InChI is InChI=1S/C7H13NO2/c1-3-4-8-5-6(2)10-7(8)9/h6H,3-5H2,1-2H3. The molecule has 58 valence electrons. The van der Waals surface area contributed by atoms with E-state index in [4.69, 9.17) is 4.74 Å². The summed E-state index contributed by atoms with van der Waals surface area (Å²) in [6, 6.07) is 0. The number of hydrogen-bond acceptors (Lipinski definition) is 2. The van der Waals surface area contributed by atoms with E-state index in [-0.39, 0.29) is 12.2 Å². The highest BCUT2D eigenvalue weighted by Gasteiger charge is 2.26. The zero-order valence-corrected chi connectivity index (χ0v) is 6.46. The average molecular weight is 143 g/mol. The largest absolute Gasteiger partial charge is 0.445 e. The van der Waals surface area contributed by atoms with Crippen LogP contribution in [0.1, 0.15) is 20.3 Å². The molecular formula is C7H13NO2. The van der Waals surface area contributed by atoms with Crippen molar-refractivity contribution in [3.63, 3.8) is 0 Å². The zero-order chi connectivity index (χ0) is 7.56. The molecule has 3 heteroatoms. The predicted octanol–water partition coefficient (Wildman–Crippen LogP) is 1.24. The van der Waals surface area contributed by atoms with Gasteiger partial charge in [-0.1, -0.05) is 6.92 Å². The monoisotopic (exact) mass is 143 g/mol. The van der Waals surface area contributed by atoms with Crippen LogP contribution in [0.5, 0.6) is 0 Å². The lowest BCUT2D eigenvalue weighted by Gasteiger charge is -2.09. The lowest BCUT2D eigenvalue weighted by atomic mass is 10.4. The number of cyclic esters (lactones) is 1. The van der Waals surface area contributed by atoms with Gasteiger partial charge in [-0.3, -0.25) is 0 Å². The van der Waals surface area contributed by atoms with E-state index in [1.807, 2.05) is 6.92 Å². The van der Waals surface area contributed by atoms with E-state index in [9.17, 15) is 4.79 Å². The zero-order valence-electron chi connectivity index (χ0n) is 6.46. The van der Waals surface area contributed by atoms with E-state index in [1.54, 1.807) is 4.90 Å². The number of carbonyl (C=O) groups is 1. The third-order valence-corrected chi connectivity index (χ3v) is 1.53. The van der Waals surface area contributed by atoms with Crippen molar-refractivity contribution in [2.45, 2.75) is 26.4 Å². The van der Waals surface area contributed by atoms with E-state index in [0.717, 1.165) is 19.5 Å². The van der Waals surface area contributed by atoms with Crippen LogP contribution in [0.25, 0.3) is 0 Å². The molecule has 1 aliphatic heterocycles. The number of carbonyl (C=O) groups excluding carboxylic acids is 1. The maximum Gasteiger partial charge on any atom is 0.410 e. The van der Waals surface area contributed by atoms with Gasteiger partial charge in [0.05, 0.1) is 6.54 Å². The van der Waals surface area contributed by atoms with E-state index in [1.165, 1.54) is 0 Å². The number of hydrogen-bond donors (Lipinski definition) is 0. The van der Waals surface area contributed by atoms with Gasteiger partial charge in [-0.2, -0.15) is 0 Å². The molecule has 1 aliphatic rings. The SMILES string of the molecule is CCCN1CC(C)OC1=O. The van der Waals surface area contributed by atoms with Crippen LogP contribution in [0.2, 0.25) is 0 Å². The van der Waals surface area contributed by atoms with Gasteiger partial charge in [0.15, 0.2) is 0 Å². The van der Waals surface area contributed by atoms with Crippen LogP contribution >= 0.6 is 0 Å². The smallest absolute Gasteiger partial charge is 0.410 e. The topological polar surface area (TPSA) is 29.5 Å². The molecule has 0 aromatic rings. The van der Waals surface area contributed by atoms with Gasteiger partial charge in [0.25, 0.3) is 0 Å². The number of amides is 1. The number of nitrogens with zero attached hydrogens (tertiary/aromatic N) is 1. The van der Waals surface area contributed by atoms with Gasteiger partial charge in [0.2, 0.25) is 0 Å². The molecule has 1 atom stereocenters. The Kier molecular flexibility index (Phi) is 2.14. The Morgan fingerprint density at radius 2 is 2.50 bits per heavy atom. The minimum absolute atomic E-state index is 0.0825. The first-order valence-electron chi connectivity index (χ1n) is 3.69. The van der Waals surface area contributed by atoms with Crippen LogP contribution in [0.3, 0.4) is 0 Å². The summed E-state index contributed by atoms with van der Waals surface area (Å²) < 4.78 is 4.91. The maximum absolute atomic E-state index is 10.9. The number of rotatable bonds is 2. The van der Waals surface area contributed by atoms with Crippen LogP contribution in [-0.4, -0.2) is 30.2 Å². The lowest BCUT2D eigenvalue weighted by Crippen LogP contribution is -2.25. The van der Waals surface area contributed by atoms with Crippen molar-refractivity contribution in [2.75, 3.05) is 13.1 Å². The second-order valence-electron chi connectivity index (χ2n) is 2.64. The minimum Gasteiger partial charge on any atom is -0.445 e. The van der Waals surface area contributed by atoms with Crippen molar-refractivity contribution in [1.29, 1.82) is 0 Å². The molecule has 0 saturated carbocycles. The molecule has 1 amide bonds. The summed E-state index contributed by atoms with van der Waals surface area (Å²) in [6.07, 6.45) is 0.926. The molecule has 0 spiro atoms. The Morgan fingerprint density at radius 3 is 2.90 bits per heavy atom. The van der Waals surface area contributed by atoms with Crippen molar-refractivity contribution >= 4 is 6.09 Å². The molecule has 0 N–H and O–H groups in total. The van der Waals surface area contributed by atoms with Crippen molar-refractivity contribution in [3.8, 4) is 0 Å². The number of ether oxygens (including phenoxy) is 1. The first-order chi connectivity index (χ1) is 4.74. The van der Waals surface area contributed by atoms with E-state index in [0.29, 0.717) is 0 Å². The predicted molar refractivity (Wildman–Crippen MR) is 37.8 cm³/mol. The summed E-state index contributed by atoms with van der Waals surface area (Å²) >= 11 is 0. The minimum atomic E-state index is -0.158. The Bertz CT molecular complexity index is 136. The third kappa shape index (κ3) is 1.40. The highest BCUT2D eigenvalue weighted by atomic mass is 16.6. The molecule has 1 saturated heterocycles. The van der Waals surface area contributed by atoms with E-state index >= 15 is 0 Å². The van der Waals surface area contributed by atoms with Crippen LogP contribution in [-0.2, 0) is 4.74 Å². The summed E-state index contributed by atoms with van der Waals surface area (Å²) in [4.78, 5) is 12.6. The van der Waals surface area contributed by atoms with Gasteiger partial charge in [0, 0.05) is 6.54 Å². The second kappa shape index (κ2) is 2.90. The van der Waals surface area contributed by atoms with Gasteiger partial charge in [-0.15, -0.1) is 0 Å². The molecule has 0 radical (unpaired) electrons. The summed E-state index contributed by atoms with van der Waals surface area (Å²) in [7, 11) is 0. The van der Waals surface area contributed by atoms with Gasteiger partial charge >= 0.3 is 6.09 Å². The normalized spacial score (nSPS) is 25.2. The molecule has 1 heterocycles. The summed E-state index contributed by atoms with van der Waals surface area (Å²) in [5, 5.41) is 0. The first-order valence-corrected chi connectivity index (χ1v) is 3.69. The molecule has 0 bridgehead atoms. The van der Waals surface area contributed by atoms with Gasteiger partial charge in [-0.25, -0.2) is 4.79 Å². The molecule has 0 aromatic carbocycles. The van der Waals surface area contributed by atoms with Crippen LogP contribution in [0.15, 0.2) is 0 Å². The van der Waals surface area contributed by atoms with Gasteiger partial charge in [0.1, 0.15) is 6.10 Å². The van der Waals surface area contributed by atoms with E-state index in [2.05, 4.69) is 6.92 Å². The third-order valence-electron chi connectivity index (χ3n) is 1.53. The fourth-order valence-corrected chi connectivity index (χ4v) is 1.12. The van der Waals surface area contributed by atoms with E-state index < -0.39 is 0 Å². The average Bonchev–Trinajstić information content (AvgIpc) is 2.13. The fraction of sp³-hybridized carbons (Fsp3) is 0.857. The Balaban J connectivity index is 2.39. The van der Waals surface area contributed by atoms with Crippen molar-refractivity contribution in [2.24, 2.45) is 0 Å². The Labute approximate surface area is 61.0 Å². The van der Waals surface area contributed by atoms with Crippen LogP contribution < -0.4 is 0 Å². The Morgan fingerprint density at radius 1 is 1.80 bits per heavy atom. The lowest BCUT2D eigenvalue weighted by molar-refractivity contribution is 0.138. The molecule has 1 rings (SSSR count). The molecular weight excluding hydrogens is 130 g/mol. The van der Waals surface area contributed by atoms with Crippen molar-refractivity contribution in [3.05, 3.63) is 0 Å². The van der Waals surface area contributed by atoms with Gasteiger partial charge < -0.3 is 9.64 Å². The highest BCUT2D eigenvalue weighted by molar-refractivity contribution is 5.69. The summed E-state index contributed by atoms with van der Waals surface area (Å²) in [6.45, 7) is 5.54. The molecule has 0 aliphatic carbocycles. The fourth-order valence-electron chi connectivity index (χ4n) is 1.12. The summed E-state index contributed by atoms with van der Waals surface area (Å²) in [5.41, 5.74) is 0. The molecule has 1 unspecified atom stereocenters. The molecule has 10 heavy (non-hydrogen) atoms. The summed E-state index contributed by atoms with van der Waals surface area (Å²) in [5.74, 6) is 0. The molecule has 0 aromatic heterocycles. The van der Waals surface area contributed by atoms with Crippen molar-refractivity contribution < 1.29 is 9.53 Å². The van der Waals surface area contributed by atoms with Gasteiger partial charge in [-0.05, 0) is 13.3 Å². The van der Waals surface area contributed by atoms with Crippen LogP contribution in [0.4, 0.5) is 4.79 Å². The molecule has 3 nitrogen and oxygen atoms in total. The van der Waals surface area contributed by atoms with Crippen LogP contribution in [0, 0.1) is 0 Å². The Hall–Kier alpha value is -0.730. The van der Waals surface area contributed by atoms with Crippen molar-refractivity contribution in [1.82, 2.24) is 4.90 Å². The quantitative estimate of drug-likeness (QED) is 0.582. The first kappa shape index (κ1) is 7.38. The maximum atomic E-state index is 10.9. The highest BCUT2D eigenvalue weighted by Crippen LogP contribution is 2.09.